The van der Waals surface area contributed by atoms with E-state index in [0.29, 0.717) is 4.47 Å². The quantitative estimate of drug-likeness (QED) is 0.694. The first-order valence-electron chi connectivity index (χ1n) is 5.22. The van der Waals surface area contributed by atoms with Gasteiger partial charge in [0.1, 0.15) is 5.82 Å². The molecule has 0 spiro atoms. The fraction of sp³-hybridized carbons (Fsp3) is 0.0833. The van der Waals surface area contributed by atoms with Crippen molar-refractivity contribution in [1.82, 2.24) is 4.98 Å². The summed E-state index contributed by atoms with van der Waals surface area (Å²) < 4.78 is 39.4. The molecule has 0 atom stereocenters. The summed E-state index contributed by atoms with van der Waals surface area (Å²) in [5.41, 5.74) is -1.05. The molecule has 20 heavy (non-hydrogen) atoms. The van der Waals surface area contributed by atoms with E-state index < -0.39 is 11.7 Å². The summed E-state index contributed by atoms with van der Waals surface area (Å²) in [6.07, 6.45) is -3.10. The Balaban J connectivity index is 2.43. The Morgan fingerprint density at radius 3 is 2.45 bits per heavy atom. The summed E-state index contributed by atoms with van der Waals surface area (Å²) in [6, 6.07) is 4.95. The highest BCUT2D eigenvalue weighted by molar-refractivity contribution is 9.10. The number of benzene rings is 1. The average molecular weight is 386 g/mol. The molecule has 1 aromatic heterocycles. The van der Waals surface area contributed by atoms with E-state index in [-0.39, 0.29) is 21.6 Å². The predicted octanol–water partition coefficient (Wildman–Crippen LogP) is 5.91. The van der Waals surface area contributed by atoms with Gasteiger partial charge < -0.3 is 5.32 Å². The summed E-state index contributed by atoms with van der Waals surface area (Å²) in [7, 11) is 0. The summed E-state index contributed by atoms with van der Waals surface area (Å²) in [5.74, 6) is 0.127. The molecule has 8 heteroatoms. The van der Waals surface area contributed by atoms with Gasteiger partial charge in [-0.1, -0.05) is 23.2 Å². The van der Waals surface area contributed by atoms with Gasteiger partial charge >= 0.3 is 6.18 Å². The van der Waals surface area contributed by atoms with Gasteiger partial charge in [-0.05, 0) is 40.2 Å². The fourth-order valence-electron chi connectivity index (χ4n) is 1.49. The van der Waals surface area contributed by atoms with Crippen LogP contribution in [0.4, 0.5) is 24.7 Å². The lowest BCUT2D eigenvalue weighted by atomic mass is 10.1. The van der Waals surface area contributed by atoms with E-state index in [9.17, 15) is 13.2 Å². The maximum Gasteiger partial charge on any atom is 0.418 e. The third-order valence-electron chi connectivity index (χ3n) is 2.35. The van der Waals surface area contributed by atoms with E-state index >= 15 is 0 Å². The van der Waals surface area contributed by atoms with Crippen LogP contribution in [-0.2, 0) is 6.18 Å². The SMILES string of the molecule is FC(F)(F)c1cc(Cl)ccc1Nc1ncc(Br)cc1Cl. The molecule has 0 amide bonds. The first-order valence-corrected chi connectivity index (χ1v) is 6.77. The first kappa shape index (κ1) is 15.4. The van der Waals surface area contributed by atoms with Crippen molar-refractivity contribution in [3.63, 3.8) is 0 Å². The van der Waals surface area contributed by atoms with E-state index in [2.05, 4.69) is 26.2 Å². The van der Waals surface area contributed by atoms with Gasteiger partial charge in [-0.3, -0.25) is 0 Å². The van der Waals surface area contributed by atoms with E-state index in [4.69, 9.17) is 23.2 Å². The monoisotopic (exact) mass is 384 g/mol. The van der Waals surface area contributed by atoms with E-state index in [1.165, 1.54) is 24.4 Å². The Bertz CT molecular complexity index is 647. The molecule has 0 unspecified atom stereocenters. The number of pyridine rings is 1. The molecule has 2 nitrogen and oxygen atoms in total. The lowest BCUT2D eigenvalue weighted by Gasteiger charge is -2.15. The van der Waals surface area contributed by atoms with Gasteiger partial charge in [0, 0.05) is 15.7 Å². The van der Waals surface area contributed by atoms with Crippen LogP contribution < -0.4 is 5.32 Å². The number of aromatic nitrogens is 1. The van der Waals surface area contributed by atoms with Crippen molar-refractivity contribution in [3.05, 3.63) is 50.5 Å². The van der Waals surface area contributed by atoms with Gasteiger partial charge in [0.15, 0.2) is 0 Å². The van der Waals surface area contributed by atoms with Crippen LogP contribution in [0.25, 0.3) is 0 Å². The molecule has 0 saturated heterocycles. The average Bonchev–Trinajstić information content (AvgIpc) is 2.33. The van der Waals surface area contributed by atoms with Crippen molar-refractivity contribution in [2.45, 2.75) is 6.18 Å². The highest BCUT2D eigenvalue weighted by Gasteiger charge is 2.34. The molecule has 0 saturated carbocycles. The third-order valence-corrected chi connectivity index (χ3v) is 3.30. The van der Waals surface area contributed by atoms with Crippen LogP contribution in [0.1, 0.15) is 5.56 Å². The van der Waals surface area contributed by atoms with Crippen molar-refractivity contribution in [3.8, 4) is 0 Å². The number of anilines is 2. The maximum atomic E-state index is 12.9. The van der Waals surface area contributed by atoms with Crippen LogP contribution in [0.2, 0.25) is 10.0 Å². The van der Waals surface area contributed by atoms with Gasteiger partial charge in [-0.15, -0.1) is 0 Å². The predicted molar refractivity (Wildman–Crippen MR) is 76.7 cm³/mol. The smallest absolute Gasteiger partial charge is 0.338 e. The normalized spacial score (nSPS) is 11.5. The van der Waals surface area contributed by atoms with Gasteiger partial charge in [-0.2, -0.15) is 13.2 Å². The molecule has 0 bridgehead atoms. The van der Waals surface area contributed by atoms with Crippen molar-refractivity contribution in [2.24, 2.45) is 0 Å². The number of alkyl halides is 3. The molecule has 2 rings (SSSR count). The van der Waals surface area contributed by atoms with Gasteiger partial charge in [0.05, 0.1) is 16.3 Å². The number of halogens is 6. The molecule has 1 heterocycles. The first-order chi connectivity index (χ1) is 9.27. The Morgan fingerprint density at radius 2 is 1.85 bits per heavy atom. The van der Waals surface area contributed by atoms with Crippen LogP contribution in [-0.4, -0.2) is 4.98 Å². The zero-order valence-electron chi connectivity index (χ0n) is 9.60. The van der Waals surface area contributed by atoms with Crippen LogP contribution in [0.5, 0.6) is 0 Å². The molecule has 1 N–H and O–H groups in total. The standard InChI is InChI=1S/C12H6BrCl2F3N2/c13-6-3-9(15)11(19-5-6)20-10-2-1-7(14)4-8(10)12(16,17)18/h1-5H,(H,19,20). The molecular formula is C12H6BrCl2F3N2. The molecule has 0 radical (unpaired) electrons. The highest BCUT2D eigenvalue weighted by atomic mass is 79.9. The van der Waals surface area contributed by atoms with Crippen LogP contribution in [0.15, 0.2) is 34.9 Å². The third kappa shape index (κ3) is 3.56. The van der Waals surface area contributed by atoms with Crippen LogP contribution in [0.3, 0.4) is 0 Å². The van der Waals surface area contributed by atoms with Gasteiger partial charge in [0.2, 0.25) is 0 Å². The van der Waals surface area contributed by atoms with Gasteiger partial charge in [-0.25, -0.2) is 4.98 Å². The zero-order chi connectivity index (χ0) is 14.9. The molecule has 0 aliphatic rings. The number of nitrogens with zero attached hydrogens (tertiary/aromatic N) is 1. The molecule has 106 valence electrons. The summed E-state index contributed by atoms with van der Waals surface area (Å²) in [6.45, 7) is 0. The molecule has 0 fully saturated rings. The topological polar surface area (TPSA) is 24.9 Å². The van der Waals surface area contributed by atoms with Crippen molar-refractivity contribution in [1.29, 1.82) is 0 Å². The van der Waals surface area contributed by atoms with E-state index in [1.807, 2.05) is 0 Å². The highest BCUT2D eigenvalue weighted by Crippen LogP contribution is 2.38. The lowest BCUT2D eigenvalue weighted by molar-refractivity contribution is -0.136. The summed E-state index contributed by atoms with van der Waals surface area (Å²) in [4.78, 5) is 3.93. The summed E-state index contributed by atoms with van der Waals surface area (Å²) in [5, 5.41) is 2.75. The van der Waals surface area contributed by atoms with E-state index in [0.717, 1.165) is 6.07 Å². The fourth-order valence-corrected chi connectivity index (χ4v) is 2.34. The Labute approximate surface area is 131 Å². The second-order valence-electron chi connectivity index (χ2n) is 3.80. The molecular weight excluding hydrogens is 380 g/mol. The minimum absolute atomic E-state index is 0.00210. The van der Waals surface area contributed by atoms with Crippen LogP contribution >= 0.6 is 39.1 Å². The molecule has 0 aliphatic carbocycles. The van der Waals surface area contributed by atoms with Crippen molar-refractivity contribution >= 4 is 50.6 Å². The number of hydrogen-bond donors (Lipinski definition) is 1. The second kappa shape index (κ2) is 5.79. The van der Waals surface area contributed by atoms with Crippen LogP contribution in [0, 0.1) is 0 Å². The number of rotatable bonds is 2. The van der Waals surface area contributed by atoms with Gasteiger partial charge in [0.25, 0.3) is 0 Å². The Kier molecular flexibility index (Phi) is 4.46. The van der Waals surface area contributed by atoms with Crippen molar-refractivity contribution in [2.75, 3.05) is 5.32 Å². The number of hydrogen-bond acceptors (Lipinski definition) is 2. The second-order valence-corrected chi connectivity index (χ2v) is 5.56. The summed E-state index contributed by atoms with van der Waals surface area (Å²) >= 11 is 14.7. The maximum absolute atomic E-state index is 12.9. The molecule has 1 aromatic carbocycles. The van der Waals surface area contributed by atoms with E-state index in [1.54, 1.807) is 0 Å². The lowest BCUT2D eigenvalue weighted by Crippen LogP contribution is -2.09. The Morgan fingerprint density at radius 1 is 1.15 bits per heavy atom. The number of nitrogens with one attached hydrogen (secondary N) is 1. The largest absolute Gasteiger partial charge is 0.418 e. The molecule has 2 aromatic rings. The van der Waals surface area contributed by atoms with Crippen molar-refractivity contribution < 1.29 is 13.2 Å². The minimum atomic E-state index is -4.53. The molecule has 0 aliphatic heterocycles. The minimum Gasteiger partial charge on any atom is -0.338 e. The zero-order valence-corrected chi connectivity index (χ0v) is 12.7. The Hall–Kier alpha value is -0.980.